The van der Waals surface area contributed by atoms with E-state index in [2.05, 4.69) is 0 Å². The Labute approximate surface area is 130 Å². The minimum atomic E-state index is -3.25. The summed E-state index contributed by atoms with van der Waals surface area (Å²) >= 11 is 0. The van der Waals surface area contributed by atoms with E-state index in [0.29, 0.717) is 18.1 Å². The smallest absolute Gasteiger partial charge is 0.231 e. The second kappa shape index (κ2) is 5.40. The molecule has 3 rings (SSSR count). The summed E-state index contributed by atoms with van der Waals surface area (Å²) in [4.78, 5) is 0. The third kappa shape index (κ3) is 2.37. The highest BCUT2D eigenvalue weighted by molar-refractivity contribution is 7.92. The predicted molar refractivity (Wildman–Crippen MR) is 82.0 cm³/mol. The van der Waals surface area contributed by atoms with Gasteiger partial charge < -0.3 is 19.9 Å². The molecule has 2 N–H and O–H groups in total. The van der Waals surface area contributed by atoms with E-state index in [-0.39, 0.29) is 25.1 Å². The number of benzene rings is 1. The molecular formula is C15H21NO5S. The monoisotopic (exact) mass is 327 g/mol. The predicted octanol–water partition coefficient (Wildman–Crippen LogP) is 1.05. The molecule has 6 nitrogen and oxygen atoms in total. The summed E-state index contributed by atoms with van der Waals surface area (Å²) in [5.74, 6) is 1.10. The lowest BCUT2D eigenvalue weighted by Crippen LogP contribution is -2.36. The Morgan fingerprint density at radius 3 is 2.73 bits per heavy atom. The number of hydrogen-bond acceptors (Lipinski definition) is 6. The van der Waals surface area contributed by atoms with Crippen LogP contribution in [0.2, 0.25) is 0 Å². The van der Waals surface area contributed by atoms with Gasteiger partial charge in [-0.25, -0.2) is 8.42 Å². The zero-order chi connectivity index (χ0) is 16.0. The van der Waals surface area contributed by atoms with Gasteiger partial charge in [0.1, 0.15) is 0 Å². The van der Waals surface area contributed by atoms with Crippen molar-refractivity contribution in [1.82, 2.24) is 0 Å². The normalized spacial score (nSPS) is 29.6. The molecule has 1 aliphatic heterocycles. The van der Waals surface area contributed by atoms with E-state index in [1.165, 1.54) is 0 Å². The van der Waals surface area contributed by atoms with Gasteiger partial charge in [0.2, 0.25) is 6.79 Å². The van der Waals surface area contributed by atoms with E-state index >= 15 is 0 Å². The molecule has 0 bridgehead atoms. The van der Waals surface area contributed by atoms with E-state index in [1.807, 2.05) is 19.1 Å². The largest absolute Gasteiger partial charge is 0.454 e. The number of rotatable bonds is 6. The van der Waals surface area contributed by atoms with Gasteiger partial charge in [-0.3, -0.25) is 0 Å². The van der Waals surface area contributed by atoms with Crippen LogP contribution in [0, 0.1) is 0 Å². The highest BCUT2D eigenvalue weighted by Crippen LogP contribution is 2.55. The van der Waals surface area contributed by atoms with E-state index in [9.17, 15) is 8.42 Å². The molecule has 1 aromatic rings. The van der Waals surface area contributed by atoms with Gasteiger partial charge in [-0.1, -0.05) is 13.0 Å². The molecule has 122 valence electrons. The van der Waals surface area contributed by atoms with E-state index < -0.39 is 20.6 Å². The quantitative estimate of drug-likeness (QED) is 0.840. The number of hydrogen-bond donors (Lipinski definition) is 1. The first-order valence-electron chi connectivity index (χ1n) is 7.41. The lowest BCUT2D eigenvalue weighted by atomic mass is 10.1. The molecule has 0 saturated heterocycles. The maximum atomic E-state index is 12.4. The fourth-order valence-corrected chi connectivity index (χ4v) is 5.18. The summed E-state index contributed by atoms with van der Waals surface area (Å²) in [6.07, 6.45) is 0. The lowest BCUT2D eigenvalue weighted by Gasteiger charge is -2.12. The molecule has 7 heteroatoms. The van der Waals surface area contributed by atoms with Crippen molar-refractivity contribution in [2.75, 3.05) is 25.8 Å². The molecule has 22 heavy (non-hydrogen) atoms. The van der Waals surface area contributed by atoms with Crippen molar-refractivity contribution in [3.63, 3.8) is 0 Å². The summed E-state index contributed by atoms with van der Waals surface area (Å²) in [6, 6.07) is 5.48. The van der Waals surface area contributed by atoms with Crippen molar-refractivity contribution in [2.45, 2.75) is 30.6 Å². The maximum absolute atomic E-state index is 12.4. The number of fused-ring (bicyclic) bond motifs is 1. The Kier molecular flexibility index (Phi) is 3.82. The summed E-state index contributed by atoms with van der Waals surface area (Å²) in [7, 11) is -3.25. The Bertz CT molecular complexity index is 675. The molecule has 1 aliphatic carbocycles. The Morgan fingerprint density at radius 2 is 2.05 bits per heavy atom. The van der Waals surface area contributed by atoms with Crippen LogP contribution in [0.4, 0.5) is 0 Å². The van der Waals surface area contributed by atoms with Crippen molar-refractivity contribution < 1.29 is 22.6 Å². The third-order valence-electron chi connectivity index (χ3n) is 4.40. The molecule has 1 saturated carbocycles. The molecule has 0 amide bonds. The van der Waals surface area contributed by atoms with E-state index in [1.54, 1.807) is 13.0 Å². The first-order chi connectivity index (χ1) is 10.4. The Morgan fingerprint density at radius 1 is 1.32 bits per heavy atom. The summed E-state index contributed by atoms with van der Waals surface area (Å²) in [5.41, 5.74) is 6.36. The van der Waals surface area contributed by atoms with Crippen LogP contribution in [-0.2, 0) is 14.6 Å². The minimum absolute atomic E-state index is 0.0732. The first-order valence-corrected chi connectivity index (χ1v) is 9.13. The van der Waals surface area contributed by atoms with E-state index in [4.69, 9.17) is 19.9 Å². The van der Waals surface area contributed by atoms with Crippen molar-refractivity contribution in [2.24, 2.45) is 5.73 Å². The number of nitrogens with two attached hydrogens (primary N) is 1. The first kappa shape index (κ1) is 15.6. The summed E-state index contributed by atoms with van der Waals surface area (Å²) in [6.45, 7) is 4.43. The standard InChI is InChI=1S/C15H21NO5S/c1-3-19-8-15(16)13(14(15)22(17,18)4-2)10-5-6-11-12(7-10)21-9-20-11/h5-7,13-14H,3-4,8-9,16H2,1-2H3/t13-,14-,15+/m1/s1. The second-order valence-corrected chi connectivity index (χ2v) is 8.12. The highest BCUT2D eigenvalue weighted by atomic mass is 32.2. The average Bonchev–Trinajstić information content (AvgIpc) is 2.90. The zero-order valence-corrected chi connectivity index (χ0v) is 13.6. The summed E-state index contributed by atoms with van der Waals surface area (Å²) in [5, 5.41) is -0.614. The molecule has 0 aromatic heterocycles. The molecule has 1 aromatic carbocycles. The van der Waals surface area contributed by atoms with Crippen LogP contribution in [0.3, 0.4) is 0 Å². The van der Waals surface area contributed by atoms with Gasteiger partial charge in [0.15, 0.2) is 21.3 Å². The topological polar surface area (TPSA) is 87.8 Å². The molecule has 0 spiro atoms. The van der Waals surface area contributed by atoms with Crippen molar-refractivity contribution in [1.29, 1.82) is 0 Å². The molecular weight excluding hydrogens is 306 g/mol. The van der Waals surface area contributed by atoms with Crippen molar-refractivity contribution >= 4 is 9.84 Å². The molecule has 1 fully saturated rings. The fraction of sp³-hybridized carbons (Fsp3) is 0.600. The van der Waals surface area contributed by atoms with Gasteiger partial charge in [-0.05, 0) is 24.6 Å². The van der Waals surface area contributed by atoms with Crippen LogP contribution in [-0.4, -0.2) is 45.0 Å². The molecule has 0 radical (unpaired) electrons. The van der Waals surface area contributed by atoms with Crippen LogP contribution in [0.1, 0.15) is 25.3 Å². The Balaban J connectivity index is 1.93. The van der Waals surface area contributed by atoms with Gasteiger partial charge in [-0.15, -0.1) is 0 Å². The van der Waals surface area contributed by atoms with Gasteiger partial charge >= 0.3 is 0 Å². The average molecular weight is 327 g/mol. The van der Waals surface area contributed by atoms with Gasteiger partial charge in [0, 0.05) is 18.3 Å². The van der Waals surface area contributed by atoms with Crippen LogP contribution in [0.15, 0.2) is 18.2 Å². The SMILES string of the molecule is CCOC[C@]1(N)[C@H](c2ccc3c(c2)OCO3)[C@H]1S(=O)(=O)CC. The molecule has 0 unspecified atom stereocenters. The number of sulfone groups is 1. The number of ether oxygens (including phenoxy) is 3. The van der Waals surface area contributed by atoms with E-state index in [0.717, 1.165) is 5.56 Å². The van der Waals surface area contributed by atoms with Gasteiger partial charge in [0.05, 0.1) is 17.4 Å². The fourth-order valence-electron chi connectivity index (χ4n) is 3.19. The molecule has 1 heterocycles. The lowest BCUT2D eigenvalue weighted by molar-refractivity contribution is 0.125. The van der Waals surface area contributed by atoms with Crippen LogP contribution >= 0.6 is 0 Å². The minimum Gasteiger partial charge on any atom is -0.454 e. The van der Waals surface area contributed by atoms with Crippen LogP contribution in [0.5, 0.6) is 11.5 Å². The second-order valence-electron chi connectivity index (χ2n) is 5.71. The molecule has 3 atom stereocenters. The Hall–Kier alpha value is -1.31. The third-order valence-corrected chi connectivity index (χ3v) is 6.69. The maximum Gasteiger partial charge on any atom is 0.231 e. The van der Waals surface area contributed by atoms with Crippen molar-refractivity contribution in [3.8, 4) is 11.5 Å². The van der Waals surface area contributed by atoms with Crippen molar-refractivity contribution in [3.05, 3.63) is 23.8 Å². The molecule has 2 aliphatic rings. The zero-order valence-electron chi connectivity index (χ0n) is 12.7. The van der Waals surface area contributed by atoms with Gasteiger partial charge in [0.25, 0.3) is 0 Å². The van der Waals surface area contributed by atoms with Crippen LogP contribution < -0.4 is 15.2 Å². The highest BCUT2D eigenvalue weighted by Gasteiger charge is 2.68. The summed E-state index contributed by atoms with van der Waals surface area (Å²) < 4.78 is 40.8. The van der Waals surface area contributed by atoms with Gasteiger partial charge in [-0.2, -0.15) is 0 Å². The van der Waals surface area contributed by atoms with Crippen LogP contribution in [0.25, 0.3) is 0 Å².